The number of benzene rings is 1. The number of morpholine rings is 1. The summed E-state index contributed by atoms with van der Waals surface area (Å²) in [5, 5.41) is 13.6. The lowest BCUT2D eigenvalue weighted by Gasteiger charge is -2.40. The van der Waals surface area contributed by atoms with Crippen LogP contribution in [0.4, 0.5) is 0 Å². The molecule has 1 aromatic rings. The van der Waals surface area contributed by atoms with E-state index in [1.807, 2.05) is 56.3 Å². The van der Waals surface area contributed by atoms with E-state index in [4.69, 9.17) is 14.2 Å². The van der Waals surface area contributed by atoms with Crippen molar-refractivity contribution in [3.63, 3.8) is 0 Å². The summed E-state index contributed by atoms with van der Waals surface area (Å²) >= 11 is 0. The van der Waals surface area contributed by atoms with Crippen LogP contribution >= 0.6 is 0 Å². The van der Waals surface area contributed by atoms with Gasteiger partial charge in [0.05, 0.1) is 49.8 Å². The van der Waals surface area contributed by atoms with Gasteiger partial charge in [-0.1, -0.05) is 68.5 Å². The zero-order valence-electron chi connectivity index (χ0n) is 27.2. The maximum atomic E-state index is 14.8. The van der Waals surface area contributed by atoms with Crippen LogP contribution in [0, 0.1) is 17.8 Å². The number of esters is 1. The zero-order chi connectivity index (χ0) is 33.1. The van der Waals surface area contributed by atoms with Crippen LogP contribution in [-0.2, 0) is 33.4 Å². The summed E-state index contributed by atoms with van der Waals surface area (Å²) in [6, 6.07) is 6.86. The number of fused-ring (bicyclic) bond motifs is 2. The second-order valence-corrected chi connectivity index (χ2v) is 13.3. The summed E-state index contributed by atoms with van der Waals surface area (Å²) in [5.41, 5.74) is -0.614. The minimum absolute atomic E-state index is 0.0708. The highest BCUT2D eigenvalue weighted by Gasteiger charge is 2.74. The number of hydrogen-bond donors (Lipinski definition) is 2. The lowest BCUT2D eigenvalue weighted by molar-refractivity contribution is -0.151. The number of aliphatic hydroxyl groups is 1. The number of hydrogen-bond acceptors (Lipinski definition) is 9. The van der Waals surface area contributed by atoms with Crippen LogP contribution in [0.15, 0.2) is 54.6 Å². The Labute approximate surface area is 275 Å². The maximum absolute atomic E-state index is 14.8. The Morgan fingerprint density at radius 3 is 2.51 bits per heavy atom. The minimum atomic E-state index is -1.37. The summed E-state index contributed by atoms with van der Waals surface area (Å²) in [4.78, 5) is 61.8. The molecule has 5 aliphatic heterocycles. The molecule has 5 aliphatic rings. The molecule has 0 saturated carbocycles. The lowest BCUT2D eigenvalue weighted by atomic mass is 9.74. The van der Waals surface area contributed by atoms with Gasteiger partial charge in [-0.25, -0.2) is 0 Å². The van der Waals surface area contributed by atoms with Crippen molar-refractivity contribution in [3.8, 4) is 0 Å². The highest BCUT2D eigenvalue weighted by atomic mass is 16.5. The van der Waals surface area contributed by atoms with E-state index in [1.54, 1.807) is 17.1 Å². The maximum Gasteiger partial charge on any atom is 0.306 e. The molecule has 0 radical (unpaired) electrons. The molecule has 5 bridgehead atoms. The van der Waals surface area contributed by atoms with E-state index in [2.05, 4.69) is 10.2 Å². The second kappa shape index (κ2) is 14.3. The van der Waals surface area contributed by atoms with Crippen molar-refractivity contribution < 1.29 is 38.5 Å². The lowest BCUT2D eigenvalue weighted by Crippen LogP contribution is -2.60. The molecular formula is C35H46N4O8. The minimum Gasteiger partial charge on any atom is -0.463 e. The molecule has 3 amide bonds. The Hall–Kier alpha value is -3.58. The first-order valence-electron chi connectivity index (χ1n) is 16.8. The molecule has 3 saturated heterocycles. The Balaban J connectivity index is 1.39. The molecule has 7 atom stereocenters. The van der Waals surface area contributed by atoms with Gasteiger partial charge in [0, 0.05) is 39.1 Å². The van der Waals surface area contributed by atoms with Crippen molar-refractivity contribution in [3.05, 3.63) is 60.2 Å². The number of nitrogens with one attached hydrogen (secondary N) is 1. The Bertz CT molecular complexity index is 1380. The van der Waals surface area contributed by atoms with E-state index in [-0.39, 0.29) is 43.9 Å². The van der Waals surface area contributed by atoms with Gasteiger partial charge in [-0.05, 0) is 17.9 Å². The van der Waals surface area contributed by atoms with Gasteiger partial charge < -0.3 is 34.4 Å². The monoisotopic (exact) mass is 650 g/mol. The van der Waals surface area contributed by atoms with Crippen molar-refractivity contribution in [2.75, 3.05) is 59.2 Å². The smallest absolute Gasteiger partial charge is 0.306 e. The fourth-order valence-corrected chi connectivity index (χ4v) is 7.66. The van der Waals surface area contributed by atoms with E-state index in [0.29, 0.717) is 32.7 Å². The largest absolute Gasteiger partial charge is 0.463 e. The number of cyclic esters (lactones) is 1. The molecule has 47 heavy (non-hydrogen) atoms. The van der Waals surface area contributed by atoms with Crippen LogP contribution in [0.1, 0.15) is 38.3 Å². The van der Waals surface area contributed by atoms with Crippen molar-refractivity contribution >= 4 is 23.7 Å². The van der Waals surface area contributed by atoms with Crippen LogP contribution in [0.2, 0.25) is 0 Å². The third kappa shape index (κ3) is 6.48. The number of allylic oxidation sites excluding steroid dienone is 1. The Morgan fingerprint density at radius 1 is 1.02 bits per heavy atom. The number of ether oxygens (including phenoxy) is 3. The number of nitrogens with zero attached hydrogens (tertiary/aromatic N) is 3. The molecule has 2 N–H and O–H groups in total. The highest BCUT2D eigenvalue weighted by Crippen LogP contribution is 2.56. The normalized spacial score (nSPS) is 33.2. The van der Waals surface area contributed by atoms with Gasteiger partial charge in [-0.2, -0.15) is 0 Å². The molecule has 0 aliphatic carbocycles. The van der Waals surface area contributed by atoms with Crippen LogP contribution in [0.3, 0.4) is 0 Å². The summed E-state index contributed by atoms with van der Waals surface area (Å²) in [6.45, 7) is 7.44. The predicted molar refractivity (Wildman–Crippen MR) is 171 cm³/mol. The summed E-state index contributed by atoms with van der Waals surface area (Å²) in [7, 11) is 0. The molecule has 12 heteroatoms. The van der Waals surface area contributed by atoms with Crippen molar-refractivity contribution in [1.29, 1.82) is 0 Å². The topological polar surface area (TPSA) is 138 Å². The molecule has 1 aromatic carbocycles. The average Bonchev–Trinajstić information content (AvgIpc) is 3.72. The first-order chi connectivity index (χ1) is 22.7. The molecule has 5 heterocycles. The van der Waals surface area contributed by atoms with E-state index < -0.39 is 53.5 Å². The summed E-state index contributed by atoms with van der Waals surface area (Å²) < 4.78 is 17.7. The van der Waals surface area contributed by atoms with Gasteiger partial charge in [0.1, 0.15) is 18.2 Å². The molecule has 254 valence electrons. The van der Waals surface area contributed by atoms with Crippen LogP contribution in [-0.4, -0.2) is 126 Å². The van der Waals surface area contributed by atoms with Gasteiger partial charge in [0.15, 0.2) is 0 Å². The number of carbonyl (C=O) groups excluding carboxylic acids is 4. The number of aliphatic hydroxyl groups excluding tert-OH is 1. The van der Waals surface area contributed by atoms with Gasteiger partial charge in [-0.15, -0.1) is 0 Å². The van der Waals surface area contributed by atoms with E-state index >= 15 is 0 Å². The predicted octanol–water partition coefficient (Wildman–Crippen LogP) is 1.07. The van der Waals surface area contributed by atoms with Crippen molar-refractivity contribution in [1.82, 2.24) is 20.0 Å². The first kappa shape index (κ1) is 33.3. The molecule has 0 aromatic heterocycles. The summed E-state index contributed by atoms with van der Waals surface area (Å²) in [5.74, 6) is -3.54. The highest BCUT2D eigenvalue weighted by molar-refractivity contribution is 6.00. The Morgan fingerprint density at radius 2 is 1.79 bits per heavy atom. The first-order valence-corrected chi connectivity index (χ1v) is 16.8. The number of likely N-dealkylation sites (tertiary alicyclic amines) is 1. The molecule has 3 fully saturated rings. The molecule has 6 rings (SSSR count). The third-order valence-electron chi connectivity index (χ3n) is 10.2. The summed E-state index contributed by atoms with van der Waals surface area (Å²) in [6.07, 6.45) is 7.16. The fraction of sp³-hybridized carbons (Fsp3) is 0.600. The van der Waals surface area contributed by atoms with E-state index in [9.17, 15) is 24.3 Å². The third-order valence-corrected chi connectivity index (χ3v) is 10.2. The van der Waals surface area contributed by atoms with E-state index in [1.165, 1.54) is 4.90 Å². The van der Waals surface area contributed by atoms with Gasteiger partial charge in [0.25, 0.3) is 0 Å². The molecule has 12 nitrogen and oxygen atoms in total. The fourth-order valence-electron chi connectivity index (χ4n) is 7.66. The van der Waals surface area contributed by atoms with Crippen molar-refractivity contribution in [2.45, 2.75) is 56.5 Å². The van der Waals surface area contributed by atoms with Crippen LogP contribution in [0.25, 0.3) is 0 Å². The Kier molecular flexibility index (Phi) is 10.1. The molecule has 0 unspecified atom stereocenters. The van der Waals surface area contributed by atoms with Gasteiger partial charge in [-0.3, -0.25) is 24.1 Å². The van der Waals surface area contributed by atoms with Crippen LogP contribution in [0.5, 0.6) is 0 Å². The van der Waals surface area contributed by atoms with Crippen LogP contribution < -0.4 is 5.32 Å². The number of amides is 3. The van der Waals surface area contributed by atoms with E-state index in [0.717, 1.165) is 18.7 Å². The second-order valence-electron chi connectivity index (χ2n) is 13.3. The average molecular weight is 651 g/mol. The zero-order valence-corrected chi connectivity index (χ0v) is 27.2. The molecular weight excluding hydrogens is 604 g/mol. The molecule has 1 spiro atoms. The van der Waals surface area contributed by atoms with Gasteiger partial charge in [0.2, 0.25) is 17.7 Å². The number of carbonyl (C=O) groups is 4. The van der Waals surface area contributed by atoms with Crippen molar-refractivity contribution in [2.24, 2.45) is 17.8 Å². The quantitative estimate of drug-likeness (QED) is 0.328. The standard InChI is InChI=1S/C35H46N4O8/c1-23(2)26(21-40)39-31-34(44)38(16-15-37-17-19-45-20-18-37)14-8-4-7-11-28(41)46-22-25(24-9-5-3-6-10-24)36-32(42)29-27-12-13-35(31,47-27)30(29)33(39)43/h3-6,8-10,12-13,23,25-27,29-31,40H,7,11,14-22H2,1-2H3,(H,36,42)/b8-4-/t25-,26-,27-,29+,30+,31-,35+/m0/s1. The SMILES string of the molecule is CC(C)[C@H](CO)N1C(=O)[C@H]2[C@@H]3C(=O)N[C@H](c4ccccc4)COC(=O)CC/C=C\CN(CCN4CCOCC4)C(=O)[C@H]1[C@@]21C=C[C@@H]3O1. The van der Waals surface area contributed by atoms with Gasteiger partial charge >= 0.3 is 5.97 Å². The number of rotatable bonds is 7.